The lowest BCUT2D eigenvalue weighted by Gasteiger charge is -2.12. The molecule has 1 aromatic heterocycles. The largest absolute Gasteiger partial charge is 0.441 e. The molecule has 3 rings (SSSR count). The number of benzene rings is 2. The summed E-state index contributed by atoms with van der Waals surface area (Å²) in [6.07, 6.45) is 0.564. The average Bonchev–Trinajstić information content (AvgIpc) is 2.80. The van der Waals surface area contributed by atoms with Crippen LogP contribution < -0.4 is 5.73 Å². The Morgan fingerprint density at radius 3 is 2.70 bits per heavy atom. The van der Waals surface area contributed by atoms with Gasteiger partial charge in [0.25, 0.3) is 0 Å². The molecule has 0 amide bonds. The van der Waals surface area contributed by atoms with Crippen LogP contribution in [0.15, 0.2) is 55.8 Å². The van der Waals surface area contributed by atoms with Gasteiger partial charge in [0.15, 0.2) is 11.5 Å². The van der Waals surface area contributed by atoms with E-state index in [0.717, 1.165) is 25.6 Å². The van der Waals surface area contributed by atoms with Crippen molar-refractivity contribution in [3.8, 4) is 0 Å². The number of halogens is 2. The van der Waals surface area contributed by atoms with Gasteiger partial charge in [0.05, 0.1) is 0 Å². The van der Waals surface area contributed by atoms with Crippen molar-refractivity contribution >= 4 is 43.0 Å². The van der Waals surface area contributed by atoms with Crippen LogP contribution in [-0.4, -0.2) is 4.98 Å². The van der Waals surface area contributed by atoms with Crippen molar-refractivity contribution in [2.75, 3.05) is 0 Å². The molecule has 2 N–H and O–H groups in total. The predicted octanol–water partition coefficient (Wildman–Crippen LogP) is 4.60. The van der Waals surface area contributed by atoms with Gasteiger partial charge in [-0.2, -0.15) is 0 Å². The SMILES string of the molecule is NC(Cc1nc2ccccc2o1)c1ccc(Br)cc1Br. The molecule has 0 spiro atoms. The lowest BCUT2D eigenvalue weighted by molar-refractivity contribution is 0.502. The summed E-state index contributed by atoms with van der Waals surface area (Å²) in [5.41, 5.74) is 8.95. The summed E-state index contributed by atoms with van der Waals surface area (Å²) in [5.74, 6) is 0.661. The van der Waals surface area contributed by atoms with Crippen molar-refractivity contribution < 1.29 is 4.42 Å². The van der Waals surface area contributed by atoms with Gasteiger partial charge < -0.3 is 10.2 Å². The van der Waals surface area contributed by atoms with Gasteiger partial charge in [-0.3, -0.25) is 0 Å². The van der Waals surface area contributed by atoms with Crippen LogP contribution in [0.2, 0.25) is 0 Å². The van der Waals surface area contributed by atoms with E-state index in [1.54, 1.807) is 0 Å². The number of para-hydroxylation sites is 2. The number of nitrogens with two attached hydrogens (primary N) is 1. The molecule has 3 nitrogen and oxygen atoms in total. The first-order chi connectivity index (χ1) is 9.63. The van der Waals surface area contributed by atoms with Gasteiger partial charge in [0.1, 0.15) is 5.52 Å². The quantitative estimate of drug-likeness (QED) is 0.705. The smallest absolute Gasteiger partial charge is 0.197 e. The molecular formula is C15H12Br2N2O. The molecule has 1 atom stereocenters. The van der Waals surface area contributed by atoms with Crippen molar-refractivity contribution in [1.29, 1.82) is 0 Å². The van der Waals surface area contributed by atoms with E-state index in [4.69, 9.17) is 10.2 Å². The first kappa shape index (κ1) is 13.8. The minimum atomic E-state index is -0.162. The lowest BCUT2D eigenvalue weighted by Crippen LogP contribution is -2.14. The molecular weight excluding hydrogens is 384 g/mol. The second kappa shape index (κ2) is 5.68. The minimum Gasteiger partial charge on any atom is -0.441 e. The zero-order valence-corrected chi connectivity index (χ0v) is 13.7. The number of aromatic nitrogens is 1. The molecule has 3 aromatic rings. The maximum Gasteiger partial charge on any atom is 0.197 e. The van der Waals surface area contributed by atoms with Gasteiger partial charge in [0.2, 0.25) is 0 Å². The second-order valence-corrected chi connectivity index (χ2v) is 6.32. The van der Waals surface area contributed by atoms with E-state index in [-0.39, 0.29) is 6.04 Å². The van der Waals surface area contributed by atoms with Crippen LogP contribution in [0.4, 0.5) is 0 Å². The average molecular weight is 396 g/mol. The van der Waals surface area contributed by atoms with Crippen molar-refractivity contribution in [2.24, 2.45) is 5.73 Å². The summed E-state index contributed by atoms with van der Waals surface area (Å²) >= 11 is 6.97. The Morgan fingerprint density at radius 1 is 1.15 bits per heavy atom. The number of oxazole rings is 1. The van der Waals surface area contributed by atoms with Crippen LogP contribution in [-0.2, 0) is 6.42 Å². The van der Waals surface area contributed by atoms with E-state index in [0.29, 0.717) is 12.3 Å². The summed E-state index contributed by atoms with van der Waals surface area (Å²) in [6, 6.07) is 13.5. The molecule has 20 heavy (non-hydrogen) atoms. The Balaban J connectivity index is 1.86. The maximum absolute atomic E-state index is 6.25. The number of hydrogen-bond donors (Lipinski definition) is 1. The third kappa shape index (κ3) is 2.80. The molecule has 0 radical (unpaired) electrons. The molecule has 0 aliphatic rings. The van der Waals surface area contributed by atoms with Crippen LogP contribution in [0, 0.1) is 0 Å². The van der Waals surface area contributed by atoms with Gasteiger partial charge in [0, 0.05) is 21.4 Å². The van der Waals surface area contributed by atoms with Crippen molar-refractivity contribution in [3.05, 3.63) is 62.9 Å². The van der Waals surface area contributed by atoms with Gasteiger partial charge in [-0.1, -0.05) is 50.1 Å². The lowest BCUT2D eigenvalue weighted by atomic mass is 10.1. The first-order valence-corrected chi connectivity index (χ1v) is 7.77. The van der Waals surface area contributed by atoms with E-state index in [1.165, 1.54) is 0 Å². The fourth-order valence-electron chi connectivity index (χ4n) is 2.11. The van der Waals surface area contributed by atoms with E-state index in [2.05, 4.69) is 36.8 Å². The molecule has 0 saturated heterocycles. The summed E-state index contributed by atoms with van der Waals surface area (Å²) in [6.45, 7) is 0. The molecule has 2 aromatic carbocycles. The number of rotatable bonds is 3. The molecule has 0 saturated carbocycles. The van der Waals surface area contributed by atoms with Crippen molar-refractivity contribution in [3.63, 3.8) is 0 Å². The summed E-state index contributed by atoms with van der Waals surface area (Å²) in [5, 5.41) is 0. The molecule has 0 aliphatic heterocycles. The molecule has 102 valence electrons. The highest BCUT2D eigenvalue weighted by molar-refractivity contribution is 9.11. The second-order valence-electron chi connectivity index (χ2n) is 4.55. The highest BCUT2D eigenvalue weighted by Gasteiger charge is 2.14. The molecule has 0 aliphatic carbocycles. The Kier molecular flexibility index (Phi) is 3.92. The molecule has 5 heteroatoms. The Bertz CT molecular complexity index is 721. The van der Waals surface area contributed by atoms with Crippen LogP contribution in [0.3, 0.4) is 0 Å². The number of hydrogen-bond acceptors (Lipinski definition) is 3. The maximum atomic E-state index is 6.25. The highest BCUT2D eigenvalue weighted by atomic mass is 79.9. The first-order valence-electron chi connectivity index (χ1n) is 6.18. The Hall–Kier alpha value is -1.17. The highest BCUT2D eigenvalue weighted by Crippen LogP contribution is 2.28. The number of fused-ring (bicyclic) bond motifs is 1. The normalized spacial score (nSPS) is 12.8. The summed E-state index contributed by atoms with van der Waals surface area (Å²) < 4.78 is 7.71. The monoisotopic (exact) mass is 394 g/mol. The predicted molar refractivity (Wildman–Crippen MR) is 86.5 cm³/mol. The van der Waals surface area contributed by atoms with Crippen LogP contribution >= 0.6 is 31.9 Å². The van der Waals surface area contributed by atoms with Gasteiger partial charge in [-0.25, -0.2) is 4.98 Å². The van der Waals surface area contributed by atoms with Crippen LogP contribution in [0.25, 0.3) is 11.1 Å². The van der Waals surface area contributed by atoms with E-state index in [9.17, 15) is 0 Å². The third-order valence-electron chi connectivity index (χ3n) is 3.09. The van der Waals surface area contributed by atoms with E-state index in [1.807, 2.05) is 42.5 Å². The fraction of sp³-hybridized carbons (Fsp3) is 0.133. The van der Waals surface area contributed by atoms with Crippen molar-refractivity contribution in [1.82, 2.24) is 4.98 Å². The van der Waals surface area contributed by atoms with Gasteiger partial charge in [-0.15, -0.1) is 0 Å². The summed E-state index contributed by atoms with van der Waals surface area (Å²) in [7, 11) is 0. The zero-order chi connectivity index (χ0) is 14.1. The van der Waals surface area contributed by atoms with Gasteiger partial charge >= 0.3 is 0 Å². The minimum absolute atomic E-state index is 0.162. The van der Waals surface area contributed by atoms with E-state index >= 15 is 0 Å². The van der Waals surface area contributed by atoms with E-state index < -0.39 is 0 Å². The number of nitrogens with zero attached hydrogens (tertiary/aromatic N) is 1. The topological polar surface area (TPSA) is 52.0 Å². The molecule has 0 fully saturated rings. The van der Waals surface area contributed by atoms with Crippen LogP contribution in [0.1, 0.15) is 17.5 Å². The molecule has 1 unspecified atom stereocenters. The molecule has 1 heterocycles. The molecule has 0 bridgehead atoms. The van der Waals surface area contributed by atoms with Crippen molar-refractivity contribution in [2.45, 2.75) is 12.5 Å². The Morgan fingerprint density at radius 2 is 1.95 bits per heavy atom. The zero-order valence-electron chi connectivity index (χ0n) is 10.5. The fourth-order valence-corrected chi connectivity index (χ4v) is 3.45. The summed E-state index contributed by atoms with van der Waals surface area (Å²) in [4.78, 5) is 4.45. The third-order valence-corrected chi connectivity index (χ3v) is 4.27. The van der Waals surface area contributed by atoms with Crippen LogP contribution in [0.5, 0.6) is 0 Å². The van der Waals surface area contributed by atoms with Gasteiger partial charge in [-0.05, 0) is 29.8 Å². The standard InChI is InChI=1S/C15H12Br2N2O/c16-9-5-6-10(11(17)7-9)12(18)8-15-19-13-3-1-2-4-14(13)20-15/h1-7,12H,8,18H2. The Labute approximate surface area is 133 Å².